The third-order valence-corrected chi connectivity index (χ3v) is 6.64. The molecule has 1 aromatic carbocycles. The summed E-state index contributed by atoms with van der Waals surface area (Å²) >= 11 is 1.47. The highest BCUT2D eigenvalue weighted by Crippen LogP contribution is 2.35. The number of hydrogen-bond donors (Lipinski definition) is 1. The quantitative estimate of drug-likeness (QED) is 0.289. The molecule has 0 unspecified atom stereocenters. The second-order valence-electron chi connectivity index (χ2n) is 8.05. The molecule has 0 spiro atoms. The summed E-state index contributed by atoms with van der Waals surface area (Å²) < 4.78 is 21.5. The number of carbonyl (C=O) groups excluding carboxylic acids is 1. The van der Waals surface area contributed by atoms with Crippen LogP contribution in [0.5, 0.6) is 11.5 Å². The summed E-state index contributed by atoms with van der Waals surface area (Å²) in [5.74, 6) is 6.21. The van der Waals surface area contributed by atoms with Crippen molar-refractivity contribution in [3.05, 3.63) is 77.3 Å². The van der Waals surface area contributed by atoms with Gasteiger partial charge in [0.1, 0.15) is 5.75 Å². The highest BCUT2D eigenvalue weighted by atomic mass is 32.1. The van der Waals surface area contributed by atoms with E-state index in [9.17, 15) is 9.18 Å². The van der Waals surface area contributed by atoms with E-state index in [1.807, 2.05) is 18.2 Å². The molecule has 0 aliphatic rings. The van der Waals surface area contributed by atoms with Crippen molar-refractivity contribution in [3.63, 3.8) is 0 Å². The van der Waals surface area contributed by atoms with Crippen LogP contribution in [0.1, 0.15) is 30.7 Å². The van der Waals surface area contributed by atoms with Crippen molar-refractivity contribution in [3.8, 4) is 23.3 Å². The fourth-order valence-corrected chi connectivity index (χ4v) is 4.49. The van der Waals surface area contributed by atoms with E-state index < -0.39 is 5.82 Å². The summed E-state index contributed by atoms with van der Waals surface area (Å²) in [4.78, 5) is 23.8. The first-order valence-electron chi connectivity index (χ1n) is 11.8. The average molecular weight is 503 g/mol. The lowest BCUT2D eigenvalue weighted by Gasteiger charge is -2.12. The van der Waals surface area contributed by atoms with E-state index in [1.54, 1.807) is 30.7 Å². The van der Waals surface area contributed by atoms with Gasteiger partial charge in [0.2, 0.25) is 5.91 Å². The summed E-state index contributed by atoms with van der Waals surface area (Å²) in [7, 11) is 0. The van der Waals surface area contributed by atoms with Crippen LogP contribution in [0.25, 0.3) is 10.2 Å². The Hall–Kier alpha value is -3.80. The molecule has 4 aromatic rings. The van der Waals surface area contributed by atoms with Gasteiger partial charge in [0.25, 0.3) is 0 Å². The van der Waals surface area contributed by atoms with Gasteiger partial charge >= 0.3 is 0 Å². The maximum atomic E-state index is 14.8. The Labute approximate surface area is 214 Å². The standard InChI is InChI=1S/C28H27FN4O2S/c1-3-33(4-2)16-6-8-22-18-24-28(36-22)26(13-15-31-24)35-25-11-10-21(17-23(25)29)32-27(34)12-9-20-7-5-14-30-19-20/h5,7,10-11,13-15,17-19H,3-4,9,12,16H2,1-2H3,(H,32,34). The first-order valence-corrected chi connectivity index (χ1v) is 12.6. The number of carbonyl (C=O) groups is 1. The van der Waals surface area contributed by atoms with Crippen molar-refractivity contribution < 1.29 is 13.9 Å². The second-order valence-corrected chi connectivity index (χ2v) is 9.11. The predicted molar refractivity (Wildman–Crippen MR) is 142 cm³/mol. The van der Waals surface area contributed by atoms with Crippen LogP contribution in [0.15, 0.2) is 61.1 Å². The molecule has 8 heteroatoms. The molecule has 0 fully saturated rings. The molecule has 4 rings (SSSR count). The third-order valence-electron chi connectivity index (χ3n) is 5.58. The molecule has 1 amide bonds. The Bertz CT molecular complexity index is 1390. The van der Waals surface area contributed by atoms with Crippen LogP contribution in [0.2, 0.25) is 0 Å². The van der Waals surface area contributed by atoms with Crippen molar-refractivity contribution in [2.75, 3.05) is 25.0 Å². The van der Waals surface area contributed by atoms with Gasteiger partial charge < -0.3 is 10.1 Å². The number of aromatic nitrogens is 2. The molecule has 1 N–H and O–H groups in total. The minimum Gasteiger partial charge on any atom is -0.453 e. The molecule has 6 nitrogen and oxygen atoms in total. The lowest BCUT2D eigenvalue weighted by Crippen LogP contribution is -2.22. The number of amides is 1. The van der Waals surface area contributed by atoms with Crippen molar-refractivity contribution >= 4 is 33.1 Å². The fourth-order valence-electron chi connectivity index (χ4n) is 3.55. The third kappa shape index (κ3) is 6.66. The van der Waals surface area contributed by atoms with Crippen LogP contribution in [0.4, 0.5) is 10.1 Å². The van der Waals surface area contributed by atoms with Gasteiger partial charge in [-0.15, -0.1) is 11.3 Å². The number of ether oxygens (including phenoxy) is 1. The molecular formula is C28H27FN4O2S. The number of fused-ring (bicyclic) bond motifs is 1. The van der Waals surface area contributed by atoms with Crippen LogP contribution in [0.3, 0.4) is 0 Å². The van der Waals surface area contributed by atoms with Crippen LogP contribution in [-0.2, 0) is 11.2 Å². The van der Waals surface area contributed by atoms with E-state index >= 15 is 0 Å². The minimum atomic E-state index is -0.569. The van der Waals surface area contributed by atoms with Crippen LogP contribution >= 0.6 is 11.3 Å². The molecule has 0 aliphatic carbocycles. The van der Waals surface area contributed by atoms with Crippen LogP contribution < -0.4 is 10.1 Å². The van der Waals surface area contributed by atoms with Gasteiger partial charge in [-0.25, -0.2) is 4.39 Å². The van der Waals surface area contributed by atoms with Crippen molar-refractivity contribution in [1.82, 2.24) is 14.9 Å². The average Bonchev–Trinajstić information content (AvgIpc) is 3.31. The molecule has 0 saturated carbocycles. The van der Waals surface area contributed by atoms with Crippen LogP contribution in [0, 0.1) is 17.7 Å². The van der Waals surface area contributed by atoms with Gasteiger partial charge in [-0.3, -0.25) is 19.7 Å². The maximum Gasteiger partial charge on any atom is 0.224 e. The number of hydrogen-bond acceptors (Lipinski definition) is 6. The Morgan fingerprint density at radius 2 is 2.00 bits per heavy atom. The molecular weight excluding hydrogens is 475 g/mol. The molecule has 0 radical (unpaired) electrons. The SMILES string of the molecule is CCN(CC)CC#Cc1cc2nccc(Oc3ccc(NC(=O)CCc4cccnc4)cc3F)c2s1. The molecule has 0 bridgehead atoms. The summed E-state index contributed by atoms with van der Waals surface area (Å²) in [5, 5.41) is 2.73. The van der Waals surface area contributed by atoms with E-state index in [4.69, 9.17) is 4.74 Å². The Kier molecular flexibility index (Phi) is 8.61. The summed E-state index contributed by atoms with van der Waals surface area (Å²) in [6.07, 6.45) is 5.88. The van der Waals surface area contributed by atoms with Crippen molar-refractivity contribution in [2.24, 2.45) is 0 Å². The van der Waals surface area contributed by atoms with Gasteiger partial charge in [0.15, 0.2) is 11.6 Å². The van der Waals surface area contributed by atoms with Gasteiger partial charge in [-0.2, -0.15) is 0 Å². The minimum absolute atomic E-state index is 0.0680. The summed E-state index contributed by atoms with van der Waals surface area (Å²) in [6.45, 7) is 6.84. The van der Waals surface area contributed by atoms with Crippen molar-refractivity contribution in [1.29, 1.82) is 0 Å². The Morgan fingerprint density at radius 3 is 2.75 bits per heavy atom. The molecule has 0 aliphatic heterocycles. The molecule has 0 saturated heterocycles. The van der Waals surface area contributed by atoms with E-state index in [0.29, 0.717) is 24.4 Å². The van der Waals surface area contributed by atoms with E-state index in [1.165, 1.54) is 23.5 Å². The smallest absolute Gasteiger partial charge is 0.224 e. The molecule has 0 atom stereocenters. The maximum absolute atomic E-state index is 14.8. The number of rotatable bonds is 9. The Balaban J connectivity index is 1.42. The van der Waals surface area contributed by atoms with E-state index in [0.717, 1.165) is 33.7 Å². The van der Waals surface area contributed by atoms with Gasteiger partial charge in [0.05, 0.1) is 21.6 Å². The highest BCUT2D eigenvalue weighted by molar-refractivity contribution is 7.19. The topological polar surface area (TPSA) is 67.3 Å². The number of nitrogens with zero attached hydrogens (tertiary/aromatic N) is 3. The molecule has 3 aromatic heterocycles. The van der Waals surface area contributed by atoms with E-state index in [2.05, 4.69) is 45.9 Å². The largest absolute Gasteiger partial charge is 0.453 e. The molecule has 3 heterocycles. The number of aryl methyl sites for hydroxylation is 1. The second kappa shape index (κ2) is 12.2. The van der Waals surface area contributed by atoms with Crippen molar-refractivity contribution in [2.45, 2.75) is 26.7 Å². The number of thiophene rings is 1. The summed E-state index contributed by atoms with van der Waals surface area (Å²) in [6, 6.07) is 11.8. The summed E-state index contributed by atoms with van der Waals surface area (Å²) in [5.41, 5.74) is 2.10. The zero-order chi connectivity index (χ0) is 25.3. The van der Waals surface area contributed by atoms with Gasteiger partial charge in [0, 0.05) is 42.8 Å². The lowest BCUT2D eigenvalue weighted by atomic mass is 10.1. The van der Waals surface area contributed by atoms with Crippen LogP contribution in [-0.4, -0.2) is 40.4 Å². The van der Waals surface area contributed by atoms with Gasteiger partial charge in [-0.05, 0) is 49.3 Å². The fraction of sp³-hybridized carbons (Fsp3) is 0.250. The number of pyridine rings is 2. The molecule has 36 heavy (non-hydrogen) atoms. The highest BCUT2D eigenvalue weighted by Gasteiger charge is 2.13. The first kappa shape index (κ1) is 25.3. The zero-order valence-corrected chi connectivity index (χ0v) is 21.1. The van der Waals surface area contributed by atoms with Gasteiger partial charge in [-0.1, -0.05) is 31.8 Å². The first-order chi connectivity index (χ1) is 17.6. The number of anilines is 1. The monoisotopic (exact) mass is 502 g/mol. The lowest BCUT2D eigenvalue weighted by molar-refractivity contribution is -0.116. The van der Waals surface area contributed by atoms with E-state index in [-0.39, 0.29) is 18.1 Å². The molecule has 184 valence electrons. The Morgan fingerprint density at radius 1 is 1.14 bits per heavy atom. The normalized spacial score (nSPS) is 10.8. The number of nitrogens with one attached hydrogen (secondary N) is 1. The number of halogens is 1. The number of benzene rings is 1. The zero-order valence-electron chi connectivity index (χ0n) is 20.3. The predicted octanol–water partition coefficient (Wildman–Crippen LogP) is 5.89.